The van der Waals surface area contributed by atoms with Crippen molar-refractivity contribution < 1.29 is 9.90 Å². The van der Waals surface area contributed by atoms with E-state index >= 15 is 0 Å². The molecule has 1 rings (SSSR count). The van der Waals surface area contributed by atoms with Gasteiger partial charge in [-0.3, -0.25) is 4.79 Å². The smallest absolute Gasteiger partial charge is 0.320 e. The number of rotatable bonds is 6. The van der Waals surface area contributed by atoms with E-state index in [9.17, 15) is 4.79 Å². The zero-order valence-corrected chi connectivity index (χ0v) is 7.55. The molecule has 3 heteroatoms. The lowest BCUT2D eigenvalue weighted by atomic mass is 10.2. The second-order valence-corrected chi connectivity index (χ2v) is 3.49. The van der Waals surface area contributed by atoms with Crippen LogP contribution in [0.15, 0.2) is 0 Å². The molecule has 12 heavy (non-hydrogen) atoms. The predicted molar refractivity (Wildman–Crippen MR) is 47.1 cm³/mol. The molecule has 0 aromatic carbocycles. The Morgan fingerprint density at radius 2 is 2.33 bits per heavy atom. The zero-order chi connectivity index (χ0) is 8.97. The average molecular weight is 171 g/mol. The molecule has 0 aromatic rings. The summed E-state index contributed by atoms with van der Waals surface area (Å²) in [7, 11) is 0. The zero-order valence-electron chi connectivity index (χ0n) is 7.55. The summed E-state index contributed by atoms with van der Waals surface area (Å²) in [4.78, 5) is 10.6. The van der Waals surface area contributed by atoms with Gasteiger partial charge in [-0.1, -0.05) is 19.8 Å². The van der Waals surface area contributed by atoms with Crippen LogP contribution in [0.2, 0.25) is 0 Å². The molecule has 0 spiro atoms. The average Bonchev–Trinajstić information content (AvgIpc) is 2.80. The number of carboxylic acid groups (broad SMARTS) is 1. The third-order valence-electron chi connectivity index (χ3n) is 2.35. The van der Waals surface area contributed by atoms with Crippen LogP contribution in [0.1, 0.15) is 32.6 Å². The van der Waals surface area contributed by atoms with Crippen molar-refractivity contribution in [2.24, 2.45) is 5.92 Å². The molecule has 0 aromatic heterocycles. The molecule has 1 aliphatic rings. The van der Waals surface area contributed by atoms with Crippen LogP contribution in [0.3, 0.4) is 0 Å². The molecule has 0 saturated heterocycles. The van der Waals surface area contributed by atoms with Gasteiger partial charge >= 0.3 is 5.97 Å². The van der Waals surface area contributed by atoms with Crippen LogP contribution in [-0.2, 0) is 4.79 Å². The number of carbonyl (C=O) groups is 1. The second kappa shape index (κ2) is 4.45. The Hall–Kier alpha value is -0.570. The maximum atomic E-state index is 10.6. The van der Waals surface area contributed by atoms with Gasteiger partial charge in [0.25, 0.3) is 0 Å². The van der Waals surface area contributed by atoms with Crippen molar-refractivity contribution in [3.8, 4) is 0 Å². The molecule has 0 amide bonds. The van der Waals surface area contributed by atoms with E-state index in [0.29, 0.717) is 6.42 Å². The summed E-state index contributed by atoms with van der Waals surface area (Å²) in [5.41, 5.74) is 0. The summed E-state index contributed by atoms with van der Waals surface area (Å²) in [6.07, 6.45) is 4.49. The van der Waals surface area contributed by atoms with E-state index < -0.39 is 5.97 Å². The van der Waals surface area contributed by atoms with Crippen LogP contribution in [0.25, 0.3) is 0 Å². The largest absolute Gasteiger partial charge is 0.480 e. The van der Waals surface area contributed by atoms with Gasteiger partial charge in [0.05, 0.1) is 0 Å². The van der Waals surface area contributed by atoms with Crippen LogP contribution in [0, 0.1) is 5.92 Å². The van der Waals surface area contributed by atoms with Gasteiger partial charge in [-0.15, -0.1) is 0 Å². The highest BCUT2D eigenvalue weighted by molar-refractivity contribution is 5.73. The topological polar surface area (TPSA) is 49.3 Å². The monoisotopic (exact) mass is 171 g/mol. The molecule has 1 saturated carbocycles. The van der Waals surface area contributed by atoms with Crippen molar-refractivity contribution >= 4 is 5.97 Å². The molecule has 70 valence electrons. The first kappa shape index (κ1) is 9.52. The first-order valence-corrected chi connectivity index (χ1v) is 4.70. The van der Waals surface area contributed by atoms with Crippen LogP contribution >= 0.6 is 0 Å². The Kier molecular flexibility index (Phi) is 3.53. The van der Waals surface area contributed by atoms with Crippen molar-refractivity contribution in [2.45, 2.75) is 38.6 Å². The van der Waals surface area contributed by atoms with E-state index in [1.807, 2.05) is 6.92 Å². The molecule has 1 aliphatic carbocycles. The first-order chi connectivity index (χ1) is 5.74. The number of aliphatic carboxylic acids is 1. The van der Waals surface area contributed by atoms with Crippen LogP contribution in [0.4, 0.5) is 0 Å². The second-order valence-electron chi connectivity index (χ2n) is 3.49. The standard InChI is InChI=1S/C9H17NO2/c1-2-8(9(11)12)10-6-5-7-3-4-7/h7-8,10H,2-6H2,1H3,(H,11,12). The fraction of sp³-hybridized carbons (Fsp3) is 0.889. The van der Waals surface area contributed by atoms with Gasteiger partial charge in [0.1, 0.15) is 6.04 Å². The SMILES string of the molecule is CCC(NCCC1CC1)C(=O)O. The van der Waals surface area contributed by atoms with Crippen LogP contribution < -0.4 is 5.32 Å². The highest BCUT2D eigenvalue weighted by Crippen LogP contribution is 2.31. The quantitative estimate of drug-likeness (QED) is 0.632. The summed E-state index contributed by atoms with van der Waals surface area (Å²) >= 11 is 0. The van der Waals surface area contributed by atoms with E-state index in [-0.39, 0.29) is 6.04 Å². The predicted octanol–water partition coefficient (Wildman–Crippen LogP) is 1.24. The highest BCUT2D eigenvalue weighted by Gasteiger charge is 2.21. The van der Waals surface area contributed by atoms with Crippen molar-refractivity contribution in [3.05, 3.63) is 0 Å². The number of hydrogen-bond donors (Lipinski definition) is 2. The van der Waals surface area contributed by atoms with Crippen molar-refractivity contribution in [2.75, 3.05) is 6.54 Å². The van der Waals surface area contributed by atoms with Gasteiger partial charge in [-0.05, 0) is 25.3 Å². The van der Waals surface area contributed by atoms with Gasteiger partial charge in [0.2, 0.25) is 0 Å². The Labute approximate surface area is 73.2 Å². The molecular weight excluding hydrogens is 154 g/mol. The molecule has 2 N–H and O–H groups in total. The molecule has 1 atom stereocenters. The number of carboxylic acids is 1. The minimum Gasteiger partial charge on any atom is -0.480 e. The van der Waals surface area contributed by atoms with E-state index in [2.05, 4.69) is 5.32 Å². The van der Waals surface area contributed by atoms with Crippen molar-refractivity contribution in [3.63, 3.8) is 0 Å². The Morgan fingerprint density at radius 1 is 1.67 bits per heavy atom. The van der Waals surface area contributed by atoms with Gasteiger partial charge in [0.15, 0.2) is 0 Å². The highest BCUT2D eigenvalue weighted by atomic mass is 16.4. The van der Waals surface area contributed by atoms with E-state index in [0.717, 1.165) is 18.9 Å². The van der Waals surface area contributed by atoms with E-state index in [1.54, 1.807) is 0 Å². The van der Waals surface area contributed by atoms with E-state index in [4.69, 9.17) is 5.11 Å². The fourth-order valence-corrected chi connectivity index (χ4v) is 1.27. The lowest BCUT2D eigenvalue weighted by Gasteiger charge is -2.11. The van der Waals surface area contributed by atoms with Crippen molar-refractivity contribution in [1.82, 2.24) is 5.32 Å². The number of hydrogen-bond acceptors (Lipinski definition) is 2. The van der Waals surface area contributed by atoms with Crippen molar-refractivity contribution in [1.29, 1.82) is 0 Å². The van der Waals surface area contributed by atoms with Crippen LogP contribution in [-0.4, -0.2) is 23.7 Å². The summed E-state index contributed by atoms with van der Waals surface area (Å²) in [6.45, 7) is 2.75. The first-order valence-electron chi connectivity index (χ1n) is 4.70. The third-order valence-corrected chi connectivity index (χ3v) is 2.35. The molecular formula is C9H17NO2. The lowest BCUT2D eigenvalue weighted by molar-refractivity contribution is -0.139. The Bertz CT molecular complexity index is 155. The minimum absolute atomic E-state index is 0.344. The Morgan fingerprint density at radius 3 is 2.75 bits per heavy atom. The van der Waals surface area contributed by atoms with Gasteiger partial charge < -0.3 is 10.4 Å². The van der Waals surface area contributed by atoms with Gasteiger partial charge in [0, 0.05) is 0 Å². The maximum absolute atomic E-state index is 10.6. The maximum Gasteiger partial charge on any atom is 0.320 e. The summed E-state index contributed by atoms with van der Waals surface area (Å²) < 4.78 is 0. The molecule has 3 nitrogen and oxygen atoms in total. The minimum atomic E-state index is -0.728. The summed E-state index contributed by atoms with van der Waals surface area (Å²) in [5, 5.41) is 11.7. The Balaban J connectivity index is 2.05. The number of nitrogens with one attached hydrogen (secondary N) is 1. The fourth-order valence-electron chi connectivity index (χ4n) is 1.27. The normalized spacial score (nSPS) is 19.1. The molecule has 0 radical (unpaired) electrons. The van der Waals surface area contributed by atoms with Crippen LogP contribution in [0.5, 0.6) is 0 Å². The molecule has 1 unspecified atom stereocenters. The van der Waals surface area contributed by atoms with Gasteiger partial charge in [-0.25, -0.2) is 0 Å². The summed E-state index contributed by atoms with van der Waals surface area (Å²) in [5.74, 6) is 0.150. The van der Waals surface area contributed by atoms with E-state index in [1.165, 1.54) is 12.8 Å². The molecule has 0 heterocycles. The molecule has 0 aliphatic heterocycles. The lowest BCUT2D eigenvalue weighted by Crippen LogP contribution is -2.36. The van der Waals surface area contributed by atoms with Gasteiger partial charge in [-0.2, -0.15) is 0 Å². The third kappa shape index (κ3) is 3.22. The summed E-state index contributed by atoms with van der Waals surface area (Å²) in [6, 6.07) is -0.344. The molecule has 0 bridgehead atoms. The molecule has 1 fully saturated rings.